The summed E-state index contributed by atoms with van der Waals surface area (Å²) in [6, 6.07) is 13.1. The second-order valence-electron chi connectivity index (χ2n) is 11.1. The van der Waals surface area contributed by atoms with E-state index >= 15 is 0 Å². The number of carbonyl (C=O) groups excluding carboxylic acids is 3. The van der Waals surface area contributed by atoms with Crippen LogP contribution in [0.25, 0.3) is 0 Å². The molecular weight excluding hydrogens is 546 g/mol. The van der Waals surface area contributed by atoms with E-state index in [0.29, 0.717) is 55.6 Å². The van der Waals surface area contributed by atoms with Gasteiger partial charge in [-0.1, -0.05) is 24.3 Å². The molecule has 1 fully saturated rings. The third-order valence-corrected chi connectivity index (χ3v) is 8.81. The summed E-state index contributed by atoms with van der Waals surface area (Å²) in [5, 5.41) is 34.0. The van der Waals surface area contributed by atoms with Crippen molar-refractivity contribution in [2.24, 2.45) is 0 Å². The first-order valence-corrected chi connectivity index (χ1v) is 14.7. The molecule has 2 aliphatic rings. The Balaban J connectivity index is 1.62. The fraction of sp³-hybridized carbons (Fsp3) is 0.452. The maximum absolute atomic E-state index is 13.1. The number of nitrogens with zero attached hydrogens (tertiary/aromatic N) is 5. The molecule has 0 spiro atoms. The topological polar surface area (TPSA) is 169 Å². The van der Waals surface area contributed by atoms with Crippen LogP contribution in [-0.2, 0) is 23.1 Å². The molecule has 43 heavy (non-hydrogen) atoms. The molecule has 0 radical (unpaired) electrons. The standard InChI is InChI=1S/C31H37N9O3/c1-4-23(35-18-27(41)40-13-5-6-24(40)17-32)16-31(30-36-38-39-37-30)25-11-9-21(28(42)33-2)14-19(25)7-8-20-15-22(29(43)34-3)10-12-26(20)31/h9-12,14-15,23-24,35H,4-8,13,16,18H2,1-3H3,(H,33,42)(H,34,43)(H,36,37,38,39)/t23-,24?/m0/s1. The number of carbonyl (C=O) groups is 3. The van der Waals surface area contributed by atoms with Crippen molar-refractivity contribution in [2.45, 2.75) is 62.9 Å². The van der Waals surface area contributed by atoms with Gasteiger partial charge in [0.25, 0.3) is 11.8 Å². The van der Waals surface area contributed by atoms with Gasteiger partial charge in [-0.25, -0.2) is 0 Å². The largest absolute Gasteiger partial charge is 0.355 e. The Morgan fingerprint density at radius 2 is 1.70 bits per heavy atom. The predicted molar refractivity (Wildman–Crippen MR) is 158 cm³/mol. The molecule has 224 valence electrons. The number of hydrogen-bond acceptors (Lipinski definition) is 8. The predicted octanol–water partition coefficient (Wildman–Crippen LogP) is 1.62. The van der Waals surface area contributed by atoms with E-state index in [9.17, 15) is 19.6 Å². The molecule has 5 rings (SSSR count). The van der Waals surface area contributed by atoms with E-state index in [4.69, 9.17) is 0 Å². The van der Waals surface area contributed by atoms with Gasteiger partial charge in [0.2, 0.25) is 5.91 Å². The van der Waals surface area contributed by atoms with Crippen LogP contribution in [0.2, 0.25) is 0 Å². The molecule has 1 aliphatic carbocycles. The number of amides is 3. The van der Waals surface area contributed by atoms with Crippen LogP contribution in [0.5, 0.6) is 0 Å². The van der Waals surface area contributed by atoms with Gasteiger partial charge in [0.1, 0.15) is 6.04 Å². The minimum Gasteiger partial charge on any atom is -0.355 e. The monoisotopic (exact) mass is 583 g/mol. The molecule has 0 saturated carbocycles. The van der Waals surface area contributed by atoms with Gasteiger partial charge in [-0.2, -0.15) is 10.5 Å². The Hall–Kier alpha value is -4.63. The lowest BCUT2D eigenvalue weighted by atomic mass is 9.67. The quantitative estimate of drug-likeness (QED) is 0.295. The summed E-state index contributed by atoms with van der Waals surface area (Å²) in [7, 11) is 3.21. The molecule has 4 N–H and O–H groups in total. The number of H-pyrrole nitrogens is 1. The fourth-order valence-corrected chi connectivity index (χ4v) is 6.58. The normalized spacial score (nSPS) is 17.6. The third-order valence-electron chi connectivity index (χ3n) is 8.81. The Morgan fingerprint density at radius 3 is 2.21 bits per heavy atom. The first-order chi connectivity index (χ1) is 20.9. The third kappa shape index (κ3) is 5.60. The van der Waals surface area contributed by atoms with E-state index in [1.165, 1.54) is 0 Å². The molecule has 1 aromatic heterocycles. The molecule has 2 atom stereocenters. The second kappa shape index (κ2) is 12.7. The summed E-state index contributed by atoms with van der Waals surface area (Å²) in [6.45, 7) is 2.75. The van der Waals surface area contributed by atoms with Crippen LogP contribution in [0, 0.1) is 11.3 Å². The maximum atomic E-state index is 13.1. The zero-order valence-corrected chi connectivity index (χ0v) is 24.7. The van der Waals surface area contributed by atoms with Crippen molar-refractivity contribution in [2.75, 3.05) is 27.2 Å². The van der Waals surface area contributed by atoms with E-state index in [1.54, 1.807) is 19.0 Å². The van der Waals surface area contributed by atoms with Crippen LogP contribution in [0.3, 0.4) is 0 Å². The molecule has 1 unspecified atom stereocenters. The number of aromatic amines is 1. The summed E-state index contributed by atoms with van der Waals surface area (Å²) in [4.78, 5) is 40.0. The zero-order valence-electron chi connectivity index (χ0n) is 24.7. The lowest BCUT2D eigenvalue weighted by Gasteiger charge is -2.37. The van der Waals surface area contributed by atoms with Crippen molar-refractivity contribution in [1.82, 2.24) is 41.5 Å². The number of fused-ring (bicyclic) bond motifs is 2. The number of aryl methyl sites for hydroxylation is 2. The number of nitriles is 1. The highest BCUT2D eigenvalue weighted by Crippen LogP contribution is 2.47. The molecule has 3 aromatic rings. The molecule has 2 heterocycles. The summed E-state index contributed by atoms with van der Waals surface area (Å²) in [5.74, 6) is 0.0119. The van der Waals surface area contributed by atoms with Crippen LogP contribution in [0.4, 0.5) is 0 Å². The van der Waals surface area contributed by atoms with Gasteiger partial charge in [0.15, 0.2) is 5.82 Å². The minimum atomic E-state index is -0.907. The van der Waals surface area contributed by atoms with E-state index in [2.05, 4.69) is 49.6 Å². The SMILES string of the molecule is CC[C@@H](CC1(c2nn[nH]n2)c2ccc(C(=O)NC)cc2CCc2cc(C(=O)NC)ccc21)NCC(=O)N1CCCC1C#N. The maximum Gasteiger partial charge on any atom is 0.251 e. The van der Waals surface area contributed by atoms with Gasteiger partial charge in [-0.3, -0.25) is 14.4 Å². The molecular formula is C31H37N9O3. The number of nitrogens with one attached hydrogen (secondary N) is 4. The van der Waals surface area contributed by atoms with Crippen LogP contribution < -0.4 is 16.0 Å². The average molecular weight is 584 g/mol. The van der Waals surface area contributed by atoms with Gasteiger partial charge in [-0.05, 0) is 85.0 Å². The van der Waals surface area contributed by atoms with E-state index in [1.807, 2.05) is 36.4 Å². The van der Waals surface area contributed by atoms with Crippen molar-refractivity contribution in [3.05, 3.63) is 75.6 Å². The molecule has 2 aromatic carbocycles. The summed E-state index contributed by atoms with van der Waals surface area (Å²) in [6.07, 6.45) is 3.98. The minimum absolute atomic E-state index is 0.0942. The number of tetrazole rings is 1. The highest BCUT2D eigenvalue weighted by atomic mass is 16.2. The first kappa shape index (κ1) is 29.8. The van der Waals surface area contributed by atoms with Crippen molar-refractivity contribution >= 4 is 17.7 Å². The Kier molecular flexibility index (Phi) is 8.82. The lowest BCUT2D eigenvalue weighted by molar-refractivity contribution is -0.130. The summed E-state index contributed by atoms with van der Waals surface area (Å²) in [5.41, 5.74) is 4.04. The Morgan fingerprint density at radius 1 is 1.07 bits per heavy atom. The number of hydrogen-bond donors (Lipinski definition) is 4. The first-order valence-electron chi connectivity index (χ1n) is 14.7. The molecule has 12 nitrogen and oxygen atoms in total. The lowest BCUT2D eigenvalue weighted by Crippen LogP contribution is -2.46. The van der Waals surface area contributed by atoms with Crippen molar-refractivity contribution in [3.8, 4) is 6.07 Å². The summed E-state index contributed by atoms with van der Waals surface area (Å²) < 4.78 is 0. The molecule has 12 heteroatoms. The van der Waals surface area contributed by atoms with Crippen LogP contribution >= 0.6 is 0 Å². The van der Waals surface area contributed by atoms with Crippen molar-refractivity contribution in [1.29, 1.82) is 5.26 Å². The second-order valence-corrected chi connectivity index (χ2v) is 11.1. The highest BCUT2D eigenvalue weighted by molar-refractivity contribution is 5.95. The number of benzene rings is 2. The van der Waals surface area contributed by atoms with Gasteiger partial charge < -0.3 is 20.9 Å². The number of aromatic nitrogens is 4. The zero-order chi connectivity index (χ0) is 30.6. The number of likely N-dealkylation sites (tertiary alicyclic amines) is 1. The van der Waals surface area contributed by atoms with E-state index in [-0.39, 0.29) is 36.3 Å². The van der Waals surface area contributed by atoms with Crippen molar-refractivity contribution < 1.29 is 14.4 Å². The van der Waals surface area contributed by atoms with Crippen LogP contribution in [0.1, 0.15) is 81.4 Å². The van der Waals surface area contributed by atoms with Crippen LogP contribution in [-0.4, -0.2) is 82.5 Å². The highest BCUT2D eigenvalue weighted by Gasteiger charge is 2.46. The number of rotatable bonds is 9. The van der Waals surface area contributed by atoms with Gasteiger partial charge in [0.05, 0.1) is 18.0 Å². The fourth-order valence-electron chi connectivity index (χ4n) is 6.58. The smallest absolute Gasteiger partial charge is 0.251 e. The van der Waals surface area contributed by atoms with Gasteiger partial charge in [0, 0.05) is 37.8 Å². The van der Waals surface area contributed by atoms with E-state index < -0.39 is 5.41 Å². The Labute approximate surface area is 250 Å². The average Bonchev–Trinajstić information content (AvgIpc) is 3.74. The van der Waals surface area contributed by atoms with Gasteiger partial charge >= 0.3 is 0 Å². The molecule has 1 aliphatic heterocycles. The molecule has 3 amide bonds. The molecule has 1 saturated heterocycles. The summed E-state index contributed by atoms with van der Waals surface area (Å²) >= 11 is 0. The Bertz CT molecular complexity index is 1480. The van der Waals surface area contributed by atoms with Gasteiger partial charge in [-0.15, -0.1) is 10.2 Å². The molecule has 0 bridgehead atoms. The van der Waals surface area contributed by atoms with Crippen molar-refractivity contribution in [3.63, 3.8) is 0 Å². The van der Waals surface area contributed by atoms with E-state index in [0.717, 1.165) is 28.7 Å². The van der Waals surface area contributed by atoms with Crippen LogP contribution in [0.15, 0.2) is 36.4 Å².